The molecule has 0 bridgehead atoms. The lowest BCUT2D eigenvalue weighted by Gasteiger charge is -2.46. The van der Waals surface area contributed by atoms with Gasteiger partial charge in [-0.2, -0.15) is 13.2 Å². The quantitative estimate of drug-likeness (QED) is 0.608. The van der Waals surface area contributed by atoms with Gasteiger partial charge >= 0.3 is 6.18 Å². The maximum Gasteiger partial charge on any atom is 0.404 e. The lowest BCUT2D eigenvalue weighted by Crippen LogP contribution is -2.57. The Balaban J connectivity index is 2.85. The van der Waals surface area contributed by atoms with Crippen LogP contribution in [0, 0.1) is 5.92 Å². The summed E-state index contributed by atoms with van der Waals surface area (Å²) in [6.07, 6.45) is -2.99. The summed E-state index contributed by atoms with van der Waals surface area (Å²) < 4.78 is 38.6. The summed E-state index contributed by atoms with van der Waals surface area (Å²) in [5, 5.41) is 0. The largest absolute Gasteiger partial charge is 0.404 e. The third-order valence-corrected chi connectivity index (χ3v) is 3.10. The zero-order valence-corrected chi connectivity index (χ0v) is 9.86. The van der Waals surface area contributed by atoms with Crippen LogP contribution in [0.2, 0.25) is 0 Å². The molecule has 4 heteroatoms. The second-order valence-electron chi connectivity index (χ2n) is 5.55. The van der Waals surface area contributed by atoms with Gasteiger partial charge in [0.15, 0.2) is 0 Å². The summed E-state index contributed by atoms with van der Waals surface area (Å²) in [7, 11) is 0. The Labute approximate surface area is 89.6 Å². The Morgan fingerprint density at radius 1 is 1.13 bits per heavy atom. The molecule has 90 valence electrons. The molecule has 0 aromatic rings. The van der Waals surface area contributed by atoms with Crippen molar-refractivity contribution in [2.45, 2.75) is 58.3 Å². The Hall–Kier alpha value is -0.250. The molecular weight excluding hydrogens is 203 g/mol. The predicted octanol–water partition coefficient (Wildman–Crippen LogP) is 3.45. The lowest BCUT2D eigenvalue weighted by molar-refractivity contribution is -0.208. The Morgan fingerprint density at radius 3 is 2.07 bits per heavy atom. The van der Waals surface area contributed by atoms with Gasteiger partial charge < -0.3 is 0 Å². The molecule has 0 spiro atoms. The van der Waals surface area contributed by atoms with Crippen molar-refractivity contribution in [3.8, 4) is 0 Å². The van der Waals surface area contributed by atoms with Gasteiger partial charge in [0.1, 0.15) is 6.04 Å². The molecule has 1 aliphatic heterocycles. The molecule has 0 aliphatic carbocycles. The van der Waals surface area contributed by atoms with Gasteiger partial charge in [0.05, 0.1) is 0 Å². The van der Waals surface area contributed by atoms with Crippen LogP contribution >= 0.6 is 0 Å². The number of rotatable bonds is 0. The van der Waals surface area contributed by atoms with Gasteiger partial charge in [-0.3, -0.25) is 4.90 Å². The normalized spacial score (nSPS) is 30.6. The number of alkyl halides is 3. The average molecular weight is 223 g/mol. The van der Waals surface area contributed by atoms with Crippen molar-refractivity contribution in [3.05, 3.63) is 0 Å². The molecular formula is C11H20F3N. The Morgan fingerprint density at radius 2 is 1.67 bits per heavy atom. The maximum absolute atomic E-state index is 12.9. The minimum atomic E-state index is -4.10. The first-order chi connectivity index (χ1) is 6.62. The highest BCUT2D eigenvalue weighted by Gasteiger charge is 2.48. The standard InChI is InChI=1S/C11H20F3N/c1-8-5-6-15(10(2,3)4)9(7-8)11(12,13)14/h8-9H,5-7H2,1-4H3/t8?,9-/m1/s1. The lowest BCUT2D eigenvalue weighted by atomic mass is 9.88. The highest BCUT2D eigenvalue weighted by atomic mass is 19.4. The van der Waals surface area contributed by atoms with E-state index >= 15 is 0 Å². The summed E-state index contributed by atoms with van der Waals surface area (Å²) in [5.41, 5.74) is -0.402. The minimum Gasteiger partial charge on any atom is -0.287 e. The first-order valence-corrected chi connectivity index (χ1v) is 5.46. The smallest absolute Gasteiger partial charge is 0.287 e. The average Bonchev–Trinajstić information content (AvgIpc) is 2.00. The number of nitrogens with zero attached hydrogens (tertiary/aromatic N) is 1. The fourth-order valence-corrected chi connectivity index (χ4v) is 2.25. The molecule has 2 atom stereocenters. The molecule has 0 aromatic heterocycles. The van der Waals surface area contributed by atoms with Crippen molar-refractivity contribution in [2.75, 3.05) is 6.54 Å². The van der Waals surface area contributed by atoms with E-state index in [9.17, 15) is 13.2 Å². The molecule has 1 nitrogen and oxygen atoms in total. The van der Waals surface area contributed by atoms with E-state index in [4.69, 9.17) is 0 Å². The van der Waals surface area contributed by atoms with Crippen molar-refractivity contribution < 1.29 is 13.2 Å². The summed E-state index contributed by atoms with van der Waals surface area (Å²) in [4.78, 5) is 1.59. The predicted molar refractivity (Wildman–Crippen MR) is 54.7 cm³/mol. The molecule has 1 heterocycles. The van der Waals surface area contributed by atoms with Crippen LogP contribution in [0.5, 0.6) is 0 Å². The summed E-state index contributed by atoms with van der Waals surface area (Å²) in [6.45, 7) is 8.00. The summed E-state index contributed by atoms with van der Waals surface area (Å²) in [6, 6.07) is -1.26. The van der Waals surface area contributed by atoms with Crippen molar-refractivity contribution >= 4 is 0 Å². The number of hydrogen-bond donors (Lipinski definition) is 0. The van der Waals surface area contributed by atoms with Gasteiger partial charge in [0, 0.05) is 5.54 Å². The van der Waals surface area contributed by atoms with Crippen LogP contribution in [0.25, 0.3) is 0 Å². The molecule has 0 N–H and O–H groups in total. The third-order valence-electron chi connectivity index (χ3n) is 3.10. The van der Waals surface area contributed by atoms with Gasteiger partial charge in [-0.05, 0) is 46.1 Å². The Bertz CT molecular complexity index is 217. The second kappa shape index (κ2) is 3.96. The molecule has 0 radical (unpaired) electrons. The van der Waals surface area contributed by atoms with Gasteiger partial charge in [-0.1, -0.05) is 6.92 Å². The van der Waals surface area contributed by atoms with Crippen LogP contribution in [-0.4, -0.2) is 29.2 Å². The van der Waals surface area contributed by atoms with Crippen LogP contribution in [-0.2, 0) is 0 Å². The molecule has 15 heavy (non-hydrogen) atoms. The fraction of sp³-hybridized carbons (Fsp3) is 1.00. The number of halogens is 3. The SMILES string of the molecule is CC1CCN(C(C)(C)C)[C@@H](C(F)(F)F)C1. The third kappa shape index (κ3) is 3.10. The monoisotopic (exact) mass is 223 g/mol. The molecule has 1 saturated heterocycles. The van der Waals surface area contributed by atoms with Gasteiger partial charge in [-0.15, -0.1) is 0 Å². The zero-order chi connectivity index (χ0) is 11.9. The van der Waals surface area contributed by atoms with E-state index in [1.807, 2.05) is 27.7 Å². The summed E-state index contributed by atoms with van der Waals surface area (Å²) >= 11 is 0. The fourth-order valence-electron chi connectivity index (χ4n) is 2.25. The number of likely N-dealkylation sites (tertiary alicyclic amines) is 1. The molecule has 0 amide bonds. The topological polar surface area (TPSA) is 3.24 Å². The zero-order valence-electron chi connectivity index (χ0n) is 9.86. The van der Waals surface area contributed by atoms with E-state index in [1.165, 1.54) is 0 Å². The minimum absolute atomic E-state index is 0.176. The Kier molecular flexibility index (Phi) is 3.39. The molecule has 0 aromatic carbocycles. The molecule has 1 aliphatic rings. The van der Waals surface area contributed by atoms with Crippen LogP contribution in [0.15, 0.2) is 0 Å². The van der Waals surface area contributed by atoms with E-state index < -0.39 is 17.8 Å². The van der Waals surface area contributed by atoms with E-state index in [0.29, 0.717) is 6.54 Å². The number of hydrogen-bond acceptors (Lipinski definition) is 1. The van der Waals surface area contributed by atoms with Crippen LogP contribution < -0.4 is 0 Å². The van der Waals surface area contributed by atoms with Crippen molar-refractivity contribution in [1.82, 2.24) is 4.90 Å². The van der Waals surface area contributed by atoms with E-state index in [2.05, 4.69) is 0 Å². The van der Waals surface area contributed by atoms with Gasteiger partial charge in [-0.25, -0.2) is 0 Å². The molecule has 1 rings (SSSR count). The highest BCUT2D eigenvalue weighted by molar-refractivity contribution is 4.91. The highest BCUT2D eigenvalue weighted by Crippen LogP contribution is 2.37. The first kappa shape index (κ1) is 12.8. The van der Waals surface area contributed by atoms with E-state index in [-0.39, 0.29) is 12.3 Å². The number of piperidine rings is 1. The van der Waals surface area contributed by atoms with Crippen molar-refractivity contribution in [3.63, 3.8) is 0 Å². The maximum atomic E-state index is 12.9. The van der Waals surface area contributed by atoms with E-state index in [0.717, 1.165) is 6.42 Å². The van der Waals surface area contributed by atoms with Crippen LogP contribution in [0.4, 0.5) is 13.2 Å². The van der Waals surface area contributed by atoms with Crippen molar-refractivity contribution in [2.24, 2.45) is 5.92 Å². The molecule has 0 saturated carbocycles. The summed E-state index contributed by atoms with van der Waals surface area (Å²) in [5.74, 6) is 0.176. The second-order valence-corrected chi connectivity index (χ2v) is 5.55. The van der Waals surface area contributed by atoms with Crippen LogP contribution in [0.3, 0.4) is 0 Å². The first-order valence-electron chi connectivity index (χ1n) is 5.46. The van der Waals surface area contributed by atoms with Gasteiger partial charge in [0.25, 0.3) is 0 Å². The van der Waals surface area contributed by atoms with Crippen molar-refractivity contribution in [1.29, 1.82) is 0 Å². The van der Waals surface area contributed by atoms with Crippen LogP contribution in [0.1, 0.15) is 40.5 Å². The molecule has 1 fully saturated rings. The molecule has 1 unspecified atom stereocenters. The van der Waals surface area contributed by atoms with E-state index in [1.54, 1.807) is 4.90 Å². The van der Waals surface area contributed by atoms with Gasteiger partial charge in [0.2, 0.25) is 0 Å².